The second kappa shape index (κ2) is 7.65. The number of ether oxygens (including phenoxy) is 1. The van der Waals surface area contributed by atoms with Gasteiger partial charge in [-0.3, -0.25) is 4.79 Å². The predicted molar refractivity (Wildman–Crippen MR) is 89.2 cm³/mol. The summed E-state index contributed by atoms with van der Waals surface area (Å²) in [5, 5.41) is 7.51. The normalized spacial score (nSPS) is 10.8. The van der Waals surface area contributed by atoms with Crippen LogP contribution in [-0.2, 0) is 6.73 Å². The van der Waals surface area contributed by atoms with E-state index in [1.807, 2.05) is 19.9 Å². The van der Waals surface area contributed by atoms with Crippen LogP contribution >= 0.6 is 27.5 Å². The maximum atomic E-state index is 11.9. The lowest BCUT2D eigenvalue weighted by molar-refractivity contribution is 0.0942. The fourth-order valence-corrected chi connectivity index (χ4v) is 2.40. The summed E-state index contributed by atoms with van der Waals surface area (Å²) in [5.41, 5.74) is 0.367. The molecule has 0 aliphatic carbocycles. The Morgan fingerprint density at radius 1 is 1.45 bits per heavy atom. The van der Waals surface area contributed by atoms with Crippen LogP contribution in [0.2, 0.25) is 5.02 Å². The monoisotopic (exact) mass is 385 g/mol. The second-order valence-electron chi connectivity index (χ2n) is 5.19. The van der Waals surface area contributed by atoms with Gasteiger partial charge in [0, 0.05) is 17.2 Å². The maximum absolute atomic E-state index is 11.9. The first kappa shape index (κ1) is 16.8. The van der Waals surface area contributed by atoms with Crippen molar-refractivity contribution in [3.8, 4) is 5.75 Å². The Kier molecular flexibility index (Phi) is 5.85. The standard InChI is InChI=1S/C15H17BrClN3O2/c1-10(2)8-18-15(21)13-5-6-20(19-13)9-22-14-4-3-11(16)7-12(14)17/h3-7,10H,8-9H2,1-2H3,(H,18,21). The molecule has 5 nitrogen and oxygen atoms in total. The van der Waals surface area contributed by atoms with Crippen LogP contribution in [0.15, 0.2) is 34.9 Å². The van der Waals surface area contributed by atoms with E-state index >= 15 is 0 Å². The minimum absolute atomic E-state index is 0.179. The molecule has 0 spiro atoms. The van der Waals surface area contributed by atoms with Gasteiger partial charge in [0.05, 0.1) is 5.02 Å². The average molecular weight is 387 g/mol. The topological polar surface area (TPSA) is 56.2 Å². The Balaban J connectivity index is 1.93. The number of nitrogens with one attached hydrogen (secondary N) is 1. The first-order valence-electron chi connectivity index (χ1n) is 6.85. The van der Waals surface area contributed by atoms with E-state index in [1.165, 1.54) is 0 Å². The summed E-state index contributed by atoms with van der Waals surface area (Å²) in [7, 11) is 0. The zero-order valence-electron chi connectivity index (χ0n) is 12.3. The molecule has 1 N–H and O–H groups in total. The maximum Gasteiger partial charge on any atom is 0.271 e. The quantitative estimate of drug-likeness (QED) is 0.823. The summed E-state index contributed by atoms with van der Waals surface area (Å²) >= 11 is 9.41. The van der Waals surface area contributed by atoms with E-state index in [-0.39, 0.29) is 12.6 Å². The van der Waals surface area contributed by atoms with Crippen molar-refractivity contribution in [1.82, 2.24) is 15.1 Å². The summed E-state index contributed by atoms with van der Waals surface area (Å²) in [6.07, 6.45) is 1.69. The van der Waals surface area contributed by atoms with Crippen LogP contribution in [0, 0.1) is 5.92 Å². The number of hydrogen-bond acceptors (Lipinski definition) is 3. The van der Waals surface area contributed by atoms with Crippen molar-refractivity contribution in [3.05, 3.63) is 45.7 Å². The molecule has 2 rings (SSSR count). The zero-order valence-corrected chi connectivity index (χ0v) is 14.7. The molecule has 1 aromatic carbocycles. The van der Waals surface area contributed by atoms with Crippen LogP contribution < -0.4 is 10.1 Å². The molecule has 0 atom stereocenters. The molecular formula is C15H17BrClN3O2. The van der Waals surface area contributed by atoms with Gasteiger partial charge in [-0.15, -0.1) is 0 Å². The highest BCUT2D eigenvalue weighted by Crippen LogP contribution is 2.27. The third-order valence-electron chi connectivity index (χ3n) is 2.79. The first-order chi connectivity index (χ1) is 10.5. The van der Waals surface area contributed by atoms with Crippen molar-refractivity contribution in [1.29, 1.82) is 0 Å². The summed E-state index contributed by atoms with van der Waals surface area (Å²) < 4.78 is 8.01. The van der Waals surface area contributed by atoms with Crippen LogP contribution in [-0.4, -0.2) is 22.2 Å². The van der Waals surface area contributed by atoms with E-state index in [4.69, 9.17) is 16.3 Å². The summed E-state index contributed by atoms with van der Waals surface area (Å²) in [6, 6.07) is 7.02. The molecule has 0 saturated carbocycles. The van der Waals surface area contributed by atoms with Gasteiger partial charge in [-0.25, -0.2) is 4.68 Å². The molecule has 22 heavy (non-hydrogen) atoms. The van der Waals surface area contributed by atoms with Gasteiger partial charge in [-0.1, -0.05) is 41.4 Å². The van der Waals surface area contributed by atoms with Gasteiger partial charge in [-0.2, -0.15) is 5.10 Å². The first-order valence-corrected chi connectivity index (χ1v) is 8.02. The van der Waals surface area contributed by atoms with Crippen molar-refractivity contribution in [2.75, 3.05) is 6.54 Å². The van der Waals surface area contributed by atoms with Gasteiger partial charge >= 0.3 is 0 Å². The molecule has 2 aromatic rings. The Morgan fingerprint density at radius 3 is 2.91 bits per heavy atom. The molecule has 1 heterocycles. The van der Waals surface area contributed by atoms with Crippen LogP contribution in [0.1, 0.15) is 24.3 Å². The van der Waals surface area contributed by atoms with Crippen LogP contribution in [0.5, 0.6) is 5.75 Å². The minimum atomic E-state index is -0.186. The molecule has 1 amide bonds. The number of halogens is 2. The number of rotatable bonds is 6. The molecule has 0 unspecified atom stereocenters. The third-order valence-corrected chi connectivity index (χ3v) is 3.58. The van der Waals surface area contributed by atoms with Gasteiger partial charge in [0.2, 0.25) is 0 Å². The Morgan fingerprint density at radius 2 is 2.23 bits per heavy atom. The van der Waals surface area contributed by atoms with E-state index < -0.39 is 0 Å². The Labute approximate surface area is 142 Å². The smallest absolute Gasteiger partial charge is 0.271 e. The number of aromatic nitrogens is 2. The van der Waals surface area contributed by atoms with E-state index in [1.54, 1.807) is 29.1 Å². The van der Waals surface area contributed by atoms with Gasteiger partial charge in [0.25, 0.3) is 5.91 Å². The summed E-state index contributed by atoms with van der Waals surface area (Å²) in [6.45, 7) is 4.87. The van der Waals surface area contributed by atoms with Crippen LogP contribution in [0.3, 0.4) is 0 Å². The number of carbonyl (C=O) groups excluding carboxylic acids is 1. The molecule has 0 aliphatic rings. The van der Waals surface area contributed by atoms with E-state index in [0.29, 0.717) is 28.9 Å². The van der Waals surface area contributed by atoms with E-state index in [9.17, 15) is 4.79 Å². The van der Waals surface area contributed by atoms with Gasteiger partial charge < -0.3 is 10.1 Å². The lowest BCUT2D eigenvalue weighted by Crippen LogP contribution is -2.27. The van der Waals surface area contributed by atoms with Crippen LogP contribution in [0.25, 0.3) is 0 Å². The van der Waals surface area contributed by atoms with Crippen molar-refractivity contribution >= 4 is 33.4 Å². The number of nitrogens with zero attached hydrogens (tertiary/aromatic N) is 2. The number of hydrogen-bond donors (Lipinski definition) is 1. The van der Waals surface area contributed by atoms with Crippen molar-refractivity contribution in [2.45, 2.75) is 20.6 Å². The van der Waals surface area contributed by atoms with E-state index in [2.05, 4.69) is 26.3 Å². The van der Waals surface area contributed by atoms with Crippen LogP contribution in [0.4, 0.5) is 0 Å². The molecule has 7 heteroatoms. The number of carbonyl (C=O) groups is 1. The second-order valence-corrected chi connectivity index (χ2v) is 6.52. The minimum Gasteiger partial charge on any atom is -0.470 e. The molecule has 118 valence electrons. The Hall–Kier alpha value is -1.53. The molecule has 0 saturated heterocycles. The largest absolute Gasteiger partial charge is 0.470 e. The van der Waals surface area contributed by atoms with Gasteiger partial charge in [0.1, 0.15) is 11.4 Å². The molecule has 0 radical (unpaired) electrons. The summed E-state index contributed by atoms with van der Waals surface area (Å²) in [4.78, 5) is 11.9. The van der Waals surface area contributed by atoms with Gasteiger partial charge in [-0.05, 0) is 30.2 Å². The zero-order chi connectivity index (χ0) is 16.1. The average Bonchev–Trinajstić information content (AvgIpc) is 2.92. The highest BCUT2D eigenvalue weighted by atomic mass is 79.9. The molecule has 0 bridgehead atoms. The lowest BCUT2D eigenvalue weighted by Gasteiger charge is -2.08. The third kappa shape index (κ3) is 4.74. The lowest BCUT2D eigenvalue weighted by atomic mass is 10.2. The molecule has 1 aromatic heterocycles. The SMILES string of the molecule is CC(C)CNC(=O)c1ccn(COc2ccc(Br)cc2Cl)n1. The Bertz CT molecular complexity index is 658. The predicted octanol–water partition coefficient (Wildman–Crippen LogP) is 3.72. The molecular weight excluding hydrogens is 370 g/mol. The fourth-order valence-electron chi connectivity index (χ4n) is 1.67. The number of benzene rings is 1. The van der Waals surface area contributed by atoms with Crippen molar-refractivity contribution in [2.24, 2.45) is 5.92 Å². The molecule has 0 fully saturated rings. The summed E-state index contributed by atoms with van der Waals surface area (Å²) in [5.74, 6) is 0.772. The van der Waals surface area contributed by atoms with Crippen molar-refractivity contribution < 1.29 is 9.53 Å². The molecule has 0 aliphatic heterocycles. The van der Waals surface area contributed by atoms with E-state index in [0.717, 1.165) is 4.47 Å². The highest BCUT2D eigenvalue weighted by Gasteiger charge is 2.10. The fraction of sp³-hybridized carbons (Fsp3) is 0.333. The number of amides is 1. The van der Waals surface area contributed by atoms with Gasteiger partial charge in [0.15, 0.2) is 6.73 Å². The van der Waals surface area contributed by atoms with Crippen molar-refractivity contribution in [3.63, 3.8) is 0 Å². The highest BCUT2D eigenvalue weighted by molar-refractivity contribution is 9.10.